The largest absolute Gasteiger partial charge is 0.370 e. The minimum absolute atomic E-state index is 0.818. The lowest BCUT2D eigenvalue weighted by Gasteiger charge is -2.29. The van der Waals surface area contributed by atoms with Crippen LogP contribution in [-0.4, -0.2) is 48.1 Å². The maximum absolute atomic E-state index is 4.54. The molecule has 1 aromatic heterocycles. The lowest BCUT2D eigenvalue weighted by molar-refractivity contribution is 0.215. The van der Waals surface area contributed by atoms with Crippen molar-refractivity contribution < 1.29 is 0 Å². The molecular formula is C16H29N5. The highest BCUT2D eigenvalue weighted by atomic mass is 15.1. The average molecular weight is 291 g/mol. The number of hydrogen-bond acceptors (Lipinski definition) is 5. The number of hydrogen-bond donors (Lipinski definition) is 2. The van der Waals surface area contributed by atoms with Gasteiger partial charge in [-0.3, -0.25) is 0 Å². The molecule has 0 unspecified atom stereocenters. The summed E-state index contributed by atoms with van der Waals surface area (Å²) in [6, 6.07) is 0. The van der Waals surface area contributed by atoms with Crippen LogP contribution in [0.25, 0.3) is 0 Å². The smallest absolute Gasteiger partial charge is 0.134 e. The van der Waals surface area contributed by atoms with Gasteiger partial charge < -0.3 is 15.5 Å². The van der Waals surface area contributed by atoms with Crippen molar-refractivity contribution in [3.63, 3.8) is 0 Å². The van der Waals surface area contributed by atoms with E-state index < -0.39 is 0 Å². The average Bonchev–Trinajstić information content (AvgIpc) is 2.46. The van der Waals surface area contributed by atoms with E-state index in [1.807, 2.05) is 6.92 Å². The fourth-order valence-corrected chi connectivity index (χ4v) is 2.89. The van der Waals surface area contributed by atoms with Crippen LogP contribution < -0.4 is 10.6 Å². The van der Waals surface area contributed by atoms with Crippen LogP contribution in [0, 0.1) is 19.8 Å². The van der Waals surface area contributed by atoms with E-state index in [-0.39, 0.29) is 0 Å². The lowest BCUT2D eigenvalue weighted by Crippen LogP contribution is -2.30. The second-order valence-corrected chi connectivity index (χ2v) is 6.09. The van der Waals surface area contributed by atoms with Gasteiger partial charge in [0, 0.05) is 18.7 Å². The van der Waals surface area contributed by atoms with Crippen LogP contribution in [0.2, 0.25) is 0 Å². The summed E-state index contributed by atoms with van der Waals surface area (Å²) in [5.41, 5.74) is 1.12. The van der Waals surface area contributed by atoms with Crippen molar-refractivity contribution in [2.24, 2.45) is 5.92 Å². The number of nitrogens with zero attached hydrogens (tertiary/aromatic N) is 3. The topological polar surface area (TPSA) is 53.1 Å². The van der Waals surface area contributed by atoms with Crippen molar-refractivity contribution >= 4 is 11.6 Å². The molecule has 1 aromatic rings. The van der Waals surface area contributed by atoms with Crippen LogP contribution in [0.15, 0.2) is 0 Å². The summed E-state index contributed by atoms with van der Waals surface area (Å²) < 4.78 is 0. The molecule has 2 N–H and O–H groups in total. The molecule has 0 radical (unpaired) electrons. The molecule has 2 heterocycles. The third-order valence-corrected chi connectivity index (χ3v) is 4.29. The Balaban J connectivity index is 1.88. The van der Waals surface area contributed by atoms with Gasteiger partial charge in [-0.2, -0.15) is 0 Å². The molecule has 2 rings (SSSR count). The van der Waals surface area contributed by atoms with Crippen molar-refractivity contribution in [1.29, 1.82) is 0 Å². The van der Waals surface area contributed by atoms with Crippen LogP contribution in [0.1, 0.15) is 37.6 Å². The van der Waals surface area contributed by atoms with Gasteiger partial charge in [0.05, 0.1) is 0 Å². The van der Waals surface area contributed by atoms with Crippen molar-refractivity contribution in [2.45, 2.75) is 40.0 Å². The van der Waals surface area contributed by atoms with Gasteiger partial charge in [0.15, 0.2) is 0 Å². The first-order valence-corrected chi connectivity index (χ1v) is 8.11. The summed E-state index contributed by atoms with van der Waals surface area (Å²) in [6.07, 6.45) is 3.87. The zero-order chi connectivity index (χ0) is 15.2. The quantitative estimate of drug-likeness (QED) is 0.844. The molecule has 5 nitrogen and oxygen atoms in total. The number of piperidine rings is 1. The monoisotopic (exact) mass is 291 g/mol. The van der Waals surface area contributed by atoms with Crippen LogP contribution in [0.3, 0.4) is 0 Å². The van der Waals surface area contributed by atoms with Gasteiger partial charge in [-0.15, -0.1) is 0 Å². The molecular weight excluding hydrogens is 262 g/mol. The number of rotatable bonds is 6. The third-order valence-electron chi connectivity index (χ3n) is 4.29. The van der Waals surface area contributed by atoms with Gasteiger partial charge in [-0.05, 0) is 66.1 Å². The Kier molecular flexibility index (Phi) is 5.79. The fourth-order valence-electron chi connectivity index (χ4n) is 2.89. The Bertz CT molecular complexity index is 452. The molecule has 0 aromatic carbocycles. The molecule has 0 amide bonds. The SMILES string of the molecule is CCNc1nc(C)nc(NCCC2CCN(C)CC2)c1C. The zero-order valence-corrected chi connectivity index (χ0v) is 13.9. The number of anilines is 2. The van der Waals surface area contributed by atoms with Crippen molar-refractivity contribution in [3.8, 4) is 0 Å². The Hall–Kier alpha value is -1.36. The van der Waals surface area contributed by atoms with E-state index >= 15 is 0 Å². The van der Waals surface area contributed by atoms with E-state index in [1.165, 1.54) is 32.4 Å². The van der Waals surface area contributed by atoms with Crippen molar-refractivity contribution in [3.05, 3.63) is 11.4 Å². The lowest BCUT2D eigenvalue weighted by atomic mass is 9.94. The first kappa shape index (κ1) is 16.0. The first-order chi connectivity index (χ1) is 10.1. The zero-order valence-electron chi connectivity index (χ0n) is 13.9. The normalized spacial score (nSPS) is 17.0. The molecule has 5 heteroatoms. The maximum atomic E-state index is 4.54. The van der Waals surface area contributed by atoms with Crippen LogP contribution >= 0.6 is 0 Å². The highest BCUT2D eigenvalue weighted by Gasteiger charge is 2.16. The molecule has 1 fully saturated rings. The van der Waals surface area contributed by atoms with Crippen molar-refractivity contribution in [1.82, 2.24) is 14.9 Å². The molecule has 1 aliphatic heterocycles. The molecule has 1 saturated heterocycles. The summed E-state index contributed by atoms with van der Waals surface area (Å²) in [7, 11) is 2.21. The van der Waals surface area contributed by atoms with E-state index in [1.54, 1.807) is 0 Å². The molecule has 21 heavy (non-hydrogen) atoms. The molecule has 0 atom stereocenters. The van der Waals surface area contributed by atoms with Crippen LogP contribution in [0.4, 0.5) is 11.6 Å². The van der Waals surface area contributed by atoms with Crippen molar-refractivity contribution in [2.75, 3.05) is 43.9 Å². The number of aryl methyl sites for hydroxylation is 1. The van der Waals surface area contributed by atoms with E-state index in [2.05, 4.69) is 46.4 Å². The molecule has 0 spiro atoms. The second-order valence-electron chi connectivity index (χ2n) is 6.09. The van der Waals surface area contributed by atoms with Gasteiger partial charge in [-0.1, -0.05) is 0 Å². The van der Waals surface area contributed by atoms with Gasteiger partial charge in [-0.25, -0.2) is 9.97 Å². The number of aromatic nitrogens is 2. The first-order valence-electron chi connectivity index (χ1n) is 8.11. The Morgan fingerprint density at radius 1 is 1.10 bits per heavy atom. The molecule has 118 valence electrons. The van der Waals surface area contributed by atoms with E-state index in [0.717, 1.165) is 42.0 Å². The second kappa shape index (κ2) is 7.59. The highest BCUT2D eigenvalue weighted by Crippen LogP contribution is 2.22. The maximum Gasteiger partial charge on any atom is 0.134 e. The van der Waals surface area contributed by atoms with Gasteiger partial charge in [0.25, 0.3) is 0 Å². The van der Waals surface area contributed by atoms with Gasteiger partial charge in [0.1, 0.15) is 17.5 Å². The van der Waals surface area contributed by atoms with Gasteiger partial charge in [0.2, 0.25) is 0 Å². The summed E-state index contributed by atoms with van der Waals surface area (Å²) in [5, 5.41) is 6.81. The van der Waals surface area contributed by atoms with E-state index in [9.17, 15) is 0 Å². The minimum Gasteiger partial charge on any atom is -0.370 e. The Morgan fingerprint density at radius 3 is 2.33 bits per heavy atom. The van der Waals surface area contributed by atoms with Crippen LogP contribution in [0.5, 0.6) is 0 Å². The number of nitrogens with one attached hydrogen (secondary N) is 2. The predicted octanol–water partition coefficient (Wildman–Crippen LogP) is 2.67. The highest BCUT2D eigenvalue weighted by molar-refractivity contribution is 5.57. The van der Waals surface area contributed by atoms with Gasteiger partial charge >= 0.3 is 0 Å². The van der Waals surface area contributed by atoms with Crippen LogP contribution in [-0.2, 0) is 0 Å². The summed E-state index contributed by atoms with van der Waals surface area (Å²) in [5.74, 6) is 3.60. The minimum atomic E-state index is 0.818. The standard InChI is InChI=1S/C16H29N5/c1-5-17-15-12(2)16(20-13(3)19-15)18-9-6-14-7-10-21(4)11-8-14/h14H,5-11H2,1-4H3,(H2,17,18,19,20). The number of likely N-dealkylation sites (tertiary alicyclic amines) is 1. The molecule has 0 saturated carbocycles. The molecule has 0 aliphatic carbocycles. The molecule has 1 aliphatic rings. The summed E-state index contributed by atoms with van der Waals surface area (Å²) in [6.45, 7) is 10.5. The summed E-state index contributed by atoms with van der Waals surface area (Å²) in [4.78, 5) is 11.4. The van der Waals surface area contributed by atoms with E-state index in [4.69, 9.17) is 0 Å². The summed E-state index contributed by atoms with van der Waals surface area (Å²) >= 11 is 0. The third kappa shape index (κ3) is 4.56. The fraction of sp³-hybridized carbons (Fsp3) is 0.750. The predicted molar refractivity (Wildman–Crippen MR) is 89.0 cm³/mol. The van der Waals surface area contributed by atoms with E-state index in [0.29, 0.717) is 0 Å². The Morgan fingerprint density at radius 2 is 1.71 bits per heavy atom. The molecule has 0 bridgehead atoms. The Labute approximate surface area is 128 Å².